The van der Waals surface area contributed by atoms with Crippen molar-refractivity contribution in [1.82, 2.24) is 15.3 Å². The molecule has 35 heavy (non-hydrogen) atoms. The zero-order valence-electron chi connectivity index (χ0n) is 21.6. The number of hydrogen-bond acceptors (Lipinski definition) is 5. The van der Waals surface area contributed by atoms with E-state index < -0.39 is 22.9 Å². The maximum atomic E-state index is 13.5. The van der Waals surface area contributed by atoms with Gasteiger partial charge in [0.05, 0.1) is 17.6 Å². The lowest BCUT2D eigenvalue weighted by molar-refractivity contribution is -0.143. The van der Waals surface area contributed by atoms with Gasteiger partial charge in [0, 0.05) is 23.9 Å². The van der Waals surface area contributed by atoms with E-state index in [-0.39, 0.29) is 24.6 Å². The van der Waals surface area contributed by atoms with E-state index in [1.807, 2.05) is 64.1 Å². The van der Waals surface area contributed by atoms with Crippen molar-refractivity contribution in [2.24, 2.45) is 11.1 Å². The number of esters is 1. The highest BCUT2D eigenvalue weighted by molar-refractivity contribution is 6.30. The van der Waals surface area contributed by atoms with Gasteiger partial charge in [-0.05, 0) is 64.7 Å². The molecule has 0 aromatic heterocycles. The Morgan fingerprint density at radius 1 is 1.31 bits per heavy atom. The maximum Gasteiger partial charge on any atom is 0.339 e. The van der Waals surface area contributed by atoms with Crippen LogP contribution < -0.4 is 11.2 Å². The van der Waals surface area contributed by atoms with Crippen molar-refractivity contribution < 1.29 is 19.1 Å². The van der Waals surface area contributed by atoms with Crippen LogP contribution in [-0.4, -0.2) is 58.6 Å². The lowest BCUT2D eigenvalue weighted by atomic mass is 9.83. The molecule has 2 rings (SSSR count). The fraction of sp³-hybridized carbons (Fsp3) is 0.577. The average molecular weight is 507 g/mol. The van der Waals surface area contributed by atoms with E-state index in [0.29, 0.717) is 18.0 Å². The van der Waals surface area contributed by atoms with Crippen molar-refractivity contribution >= 4 is 29.5 Å². The highest BCUT2D eigenvalue weighted by atomic mass is 35.5. The van der Waals surface area contributed by atoms with E-state index in [4.69, 9.17) is 22.1 Å². The molecule has 0 spiro atoms. The number of amides is 3. The van der Waals surface area contributed by atoms with Crippen molar-refractivity contribution in [3.8, 4) is 0 Å². The SMILES string of the molecule is CC(=O)OC[C@@](C)(/C=C/C1CCCN1C(=O)N(NC(=O)[C@H](C)N)C(C)(C)C)Cc1cccc(Cl)c1. The number of carbonyl (C=O) groups is 3. The molecule has 194 valence electrons. The fourth-order valence-electron chi connectivity index (χ4n) is 3.95. The molecule has 9 heteroatoms. The summed E-state index contributed by atoms with van der Waals surface area (Å²) in [5.41, 5.74) is 8.27. The number of ether oxygens (including phenoxy) is 1. The summed E-state index contributed by atoms with van der Waals surface area (Å²) >= 11 is 6.17. The lowest BCUT2D eigenvalue weighted by Crippen LogP contribution is -2.62. The number of hydrogen-bond donors (Lipinski definition) is 2. The largest absolute Gasteiger partial charge is 0.465 e. The number of nitrogens with one attached hydrogen (secondary N) is 1. The molecule has 0 saturated carbocycles. The van der Waals surface area contributed by atoms with Gasteiger partial charge in [-0.3, -0.25) is 15.0 Å². The Kier molecular flexibility index (Phi) is 9.75. The number of urea groups is 1. The van der Waals surface area contributed by atoms with Crippen LogP contribution in [0.1, 0.15) is 59.9 Å². The molecule has 1 fully saturated rings. The smallest absolute Gasteiger partial charge is 0.339 e. The summed E-state index contributed by atoms with van der Waals surface area (Å²) in [7, 11) is 0. The second kappa shape index (κ2) is 11.9. The van der Waals surface area contributed by atoms with Gasteiger partial charge < -0.3 is 15.4 Å². The standard InChI is InChI=1S/C26H39ClN4O4/c1-18(28)23(33)29-31(25(3,4)5)24(34)30-14-8-11-22(30)12-13-26(6,17-35-19(2)32)16-20-9-7-10-21(27)15-20/h7,9-10,12-13,15,18,22H,8,11,14,16-17,28H2,1-6H3,(H,29,33)/b13-12+/t18-,22?,26-/m0/s1. The molecule has 3 atom stereocenters. The molecule has 0 radical (unpaired) electrons. The maximum absolute atomic E-state index is 13.5. The summed E-state index contributed by atoms with van der Waals surface area (Å²) in [4.78, 5) is 39.1. The Bertz CT molecular complexity index is 944. The summed E-state index contributed by atoms with van der Waals surface area (Å²) in [6.07, 6.45) is 6.27. The molecular weight excluding hydrogens is 468 g/mol. The topological polar surface area (TPSA) is 105 Å². The highest BCUT2D eigenvalue weighted by Crippen LogP contribution is 2.29. The molecule has 0 aliphatic carbocycles. The molecule has 3 N–H and O–H groups in total. The Morgan fingerprint density at radius 2 is 2.00 bits per heavy atom. The van der Waals surface area contributed by atoms with Crippen molar-refractivity contribution in [1.29, 1.82) is 0 Å². The molecule has 1 aromatic rings. The summed E-state index contributed by atoms with van der Waals surface area (Å²) in [6.45, 7) is 11.3. The number of hydrazine groups is 1. The van der Waals surface area contributed by atoms with Gasteiger partial charge in [-0.2, -0.15) is 0 Å². The number of nitrogens with two attached hydrogens (primary N) is 1. The van der Waals surface area contributed by atoms with Crippen LogP contribution >= 0.6 is 11.6 Å². The van der Waals surface area contributed by atoms with Crippen LogP contribution in [0.15, 0.2) is 36.4 Å². The number of rotatable bonds is 7. The molecule has 1 aliphatic heterocycles. The second-order valence-electron chi connectivity index (χ2n) is 10.6. The zero-order valence-corrected chi connectivity index (χ0v) is 22.4. The Hall–Kier alpha value is -2.58. The lowest BCUT2D eigenvalue weighted by Gasteiger charge is -2.39. The van der Waals surface area contributed by atoms with E-state index in [1.54, 1.807) is 11.8 Å². The molecule has 1 saturated heterocycles. The van der Waals surface area contributed by atoms with Crippen LogP contribution in [0, 0.1) is 5.41 Å². The molecular formula is C26H39ClN4O4. The summed E-state index contributed by atoms with van der Waals surface area (Å²) in [5, 5.41) is 2.00. The molecule has 1 aliphatic rings. The van der Waals surface area contributed by atoms with Gasteiger partial charge in [0.25, 0.3) is 5.91 Å². The molecule has 1 unspecified atom stereocenters. The summed E-state index contributed by atoms with van der Waals surface area (Å²) in [5.74, 6) is -0.769. The van der Waals surface area contributed by atoms with Crippen LogP contribution in [-0.2, 0) is 20.7 Å². The Morgan fingerprint density at radius 3 is 2.57 bits per heavy atom. The predicted octanol–water partition coefficient (Wildman–Crippen LogP) is 4.07. The summed E-state index contributed by atoms with van der Waals surface area (Å²) < 4.78 is 5.38. The first-order chi connectivity index (χ1) is 16.2. The van der Waals surface area contributed by atoms with E-state index >= 15 is 0 Å². The summed E-state index contributed by atoms with van der Waals surface area (Å²) in [6, 6.07) is 6.41. The normalized spacial score (nSPS) is 18.7. The molecule has 0 bridgehead atoms. The zero-order chi connectivity index (χ0) is 26.4. The van der Waals surface area contributed by atoms with Gasteiger partial charge in [-0.25, -0.2) is 9.80 Å². The quantitative estimate of drug-likeness (QED) is 0.329. The number of nitrogens with zero attached hydrogens (tertiary/aromatic N) is 2. The van der Waals surface area contributed by atoms with Crippen LogP contribution in [0.25, 0.3) is 0 Å². The van der Waals surface area contributed by atoms with Gasteiger partial charge in [-0.1, -0.05) is 42.8 Å². The minimum atomic E-state index is -0.740. The first-order valence-electron chi connectivity index (χ1n) is 12.0. The fourth-order valence-corrected chi connectivity index (χ4v) is 4.17. The van der Waals surface area contributed by atoms with E-state index in [0.717, 1.165) is 18.4 Å². The van der Waals surface area contributed by atoms with Gasteiger partial charge in [0.15, 0.2) is 0 Å². The van der Waals surface area contributed by atoms with Gasteiger partial charge in [0.2, 0.25) is 0 Å². The molecule has 1 aromatic carbocycles. The van der Waals surface area contributed by atoms with Crippen molar-refractivity contribution in [3.05, 3.63) is 47.0 Å². The van der Waals surface area contributed by atoms with Gasteiger partial charge in [0.1, 0.15) is 6.61 Å². The molecule has 1 heterocycles. The van der Waals surface area contributed by atoms with E-state index in [1.165, 1.54) is 11.9 Å². The first kappa shape index (κ1) is 28.7. The number of carbonyl (C=O) groups excluding carboxylic acids is 3. The Balaban J connectivity index is 2.26. The van der Waals surface area contributed by atoms with Crippen molar-refractivity contribution in [3.63, 3.8) is 0 Å². The molecule has 8 nitrogen and oxygen atoms in total. The monoisotopic (exact) mass is 506 g/mol. The first-order valence-corrected chi connectivity index (χ1v) is 12.3. The van der Waals surface area contributed by atoms with Gasteiger partial charge >= 0.3 is 12.0 Å². The second-order valence-corrected chi connectivity index (χ2v) is 11.0. The van der Waals surface area contributed by atoms with Crippen molar-refractivity contribution in [2.45, 2.75) is 78.4 Å². The third-order valence-electron chi connectivity index (χ3n) is 5.87. The molecule has 3 amide bonds. The minimum Gasteiger partial charge on any atom is -0.465 e. The van der Waals surface area contributed by atoms with E-state index in [2.05, 4.69) is 5.43 Å². The van der Waals surface area contributed by atoms with Gasteiger partial charge in [-0.15, -0.1) is 0 Å². The third-order valence-corrected chi connectivity index (χ3v) is 6.10. The minimum absolute atomic E-state index is 0.157. The van der Waals surface area contributed by atoms with Crippen LogP contribution in [0.4, 0.5) is 4.79 Å². The average Bonchev–Trinajstić information content (AvgIpc) is 3.22. The number of halogens is 1. The number of likely N-dealkylation sites (tertiary alicyclic amines) is 1. The number of benzene rings is 1. The Labute approximate surface area is 213 Å². The highest BCUT2D eigenvalue weighted by Gasteiger charge is 2.37. The van der Waals surface area contributed by atoms with Crippen molar-refractivity contribution in [2.75, 3.05) is 13.2 Å². The van der Waals surface area contributed by atoms with Crippen LogP contribution in [0.3, 0.4) is 0 Å². The van der Waals surface area contributed by atoms with Crippen LogP contribution in [0.5, 0.6) is 0 Å². The van der Waals surface area contributed by atoms with E-state index in [9.17, 15) is 14.4 Å². The van der Waals surface area contributed by atoms with Crippen LogP contribution in [0.2, 0.25) is 5.02 Å². The predicted molar refractivity (Wildman–Crippen MR) is 138 cm³/mol. The third kappa shape index (κ3) is 8.54.